The van der Waals surface area contributed by atoms with Crippen molar-refractivity contribution < 1.29 is 15.0 Å². The molecule has 1 aliphatic rings. The minimum atomic E-state index is -1.83. The molecule has 0 unspecified atom stereocenters. The maximum atomic E-state index is 8.56. The number of carbonyl (C=O) groups is 1. The minimum Gasteiger partial charge on any atom is -0.450 e. The van der Waals surface area contributed by atoms with Crippen LogP contribution in [0.25, 0.3) is 11.1 Å². The molecular weight excluding hydrogens is 228 g/mol. The van der Waals surface area contributed by atoms with Crippen molar-refractivity contribution in [3.8, 4) is 11.1 Å². The highest BCUT2D eigenvalue weighted by atomic mass is 16.6. The van der Waals surface area contributed by atoms with E-state index in [1.165, 1.54) is 27.8 Å². The quantitative estimate of drug-likeness (QED) is 0.630. The molecule has 0 saturated carbocycles. The van der Waals surface area contributed by atoms with Gasteiger partial charge in [0.15, 0.2) is 0 Å². The lowest BCUT2D eigenvalue weighted by atomic mass is 10.0. The van der Waals surface area contributed by atoms with Gasteiger partial charge in [0.05, 0.1) is 0 Å². The first-order chi connectivity index (χ1) is 8.59. The summed E-state index contributed by atoms with van der Waals surface area (Å²) in [5, 5.41) is 13.9. The van der Waals surface area contributed by atoms with Crippen molar-refractivity contribution in [1.82, 2.24) is 0 Å². The maximum Gasteiger partial charge on any atom is 0.503 e. The van der Waals surface area contributed by atoms with Crippen LogP contribution < -0.4 is 0 Å². The third-order valence-corrected chi connectivity index (χ3v) is 3.09. The molecule has 0 amide bonds. The van der Waals surface area contributed by atoms with E-state index in [9.17, 15) is 0 Å². The molecule has 3 rings (SSSR count). The van der Waals surface area contributed by atoms with E-state index < -0.39 is 6.16 Å². The van der Waals surface area contributed by atoms with Gasteiger partial charge in [-0.25, -0.2) is 4.79 Å². The molecular formula is C15H14O3. The number of rotatable bonds is 0. The molecule has 2 aromatic rings. The van der Waals surface area contributed by atoms with Crippen molar-refractivity contribution in [2.24, 2.45) is 0 Å². The molecule has 0 aromatic heterocycles. The van der Waals surface area contributed by atoms with E-state index in [0.29, 0.717) is 0 Å². The molecule has 0 atom stereocenters. The van der Waals surface area contributed by atoms with Crippen molar-refractivity contribution in [2.45, 2.75) is 13.3 Å². The van der Waals surface area contributed by atoms with Gasteiger partial charge >= 0.3 is 6.16 Å². The van der Waals surface area contributed by atoms with Crippen LogP contribution in [0.1, 0.15) is 16.7 Å². The summed E-state index contributed by atoms with van der Waals surface area (Å²) in [6, 6.07) is 15.3. The lowest BCUT2D eigenvalue weighted by molar-refractivity contribution is 0.137. The van der Waals surface area contributed by atoms with Gasteiger partial charge in [-0.1, -0.05) is 42.5 Å². The summed E-state index contributed by atoms with van der Waals surface area (Å²) in [5.74, 6) is 0. The predicted molar refractivity (Wildman–Crippen MR) is 70.1 cm³/mol. The lowest BCUT2D eigenvalue weighted by Crippen LogP contribution is -1.84. The molecule has 0 aliphatic heterocycles. The van der Waals surface area contributed by atoms with Gasteiger partial charge in [0, 0.05) is 0 Å². The van der Waals surface area contributed by atoms with Crippen molar-refractivity contribution in [3.05, 3.63) is 59.2 Å². The number of hydrogen-bond acceptors (Lipinski definition) is 1. The molecule has 3 nitrogen and oxygen atoms in total. The summed E-state index contributed by atoms with van der Waals surface area (Å²) in [4.78, 5) is 8.56. The van der Waals surface area contributed by atoms with Crippen molar-refractivity contribution >= 4 is 6.16 Å². The number of benzene rings is 2. The van der Waals surface area contributed by atoms with Crippen LogP contribution in [0.3, 0.4) is 0 Å². The second-order valence-electron chi connectivity index (χ2n) is 4.22. The average Bonchev–Trinajstić information content (AvgIpc) is 2.69. The maximum absolute atomic E-state index is 8.56. The van der Waals surface area contributed by atoms with Gasteiger partial charge in [-0.05, 0) is 41.2 Å². The third-order valence-electron chi connectivity index (χ3n) is 3.09. The highest BCUT2D eigenvalue weighted by molar-refractivity contribution is 5.77. The average molecular weight is 242 g/mol. The molecule has 92 valence electrons. The second kappa shape index (κ2) is 4.92. The highest BCUT2D eigenvalue weighted by Crippen LogP contribution is 2.37. The summed E-state index contributed by atoms with van der Waals surface area (Å²) in [6.07, 6.45) is -0.724. The highest BCUT2D eigenvalue weighted by Gasteiger charge is 2.18. The third kappa shape index (κ3) is 2.35. The van der Waals surface area contributed by atoms with Gasteiger partial charge in [-0.2, -0.15) is 0 Å². The molecule has 18 heavy (non-hydrogen) atoms. The van der Waals surface area contributed by atoms with Gasteiger partial charge in [0.2, 0.25) is 0 Å². The van der Waals surface area contributed by atoms with Gasteiger partial charge in [-0.3, -0.25) is 0 Å². The minimum absolute atomic E-state index is 1.11. The van der Waals surface area contributed by atoms with Gasteiger partial charge in [0.1, 0.15) is 0 Å². The monoisotopic (exact) mass is 242 g/mol. The fourth-order valence-electron chi connectivity index (χ4n) is 2.32. The Bertz CT molecular complexity index is 584. The largest absolute Gasteiger partial charge is 0.503 e. The van der Waals surface area contributed by atoms with Crippen LogP contribution >= 0.6 is 0 Å². The second-order valence-corrected chi connectivity index (χ2v) is 4.22. The number of aryl methyl sites for hydroxylation is 1. The van der Waals surface area contributed by atoms with Gasteiger partial charge in [-0.15, -0.1) is 0 Å². The van der Waals surface area contributed by atoms with Gasteiger partial charge in [0.25, 0.3) is 0 Å². The van der Waals surface area contributed by atoms with E-state index in [4.69, 9.17) is 15.0 Å². The molecule has 0 fully saturated rings. The van der Waals surface area contributed by atoms with Crippen molar-refractivity contribution in [3.63, 3.8) is 0 Å². The molecule has 0 radical (unpaired) electrons. The van der Waals surface area contributed by atoms with E-state index in [-0.39, 0.29) is 0 Å². The molecule has 2 N–H and O–H groups in total. The zero-order valence-electron chi connectivity index (χ0n) is 10.1. The summed E-state index contributed by atoms with van der Waals surface area (Å²) in [7, 11) is 0. The first-order valence-electron chi connectivity index (χ1n) is 5.68. The van der Waals surface area contributed by atoms with E-state index in [1.54, 1.807) is 0 Å². The van der Waals surface area contributed by atoms with E-state index in [1.807, 2.05) is 0 Å². The number of fused-ring (bicyclic) bond motifs is 3. The fourth-order valence-corrected chi connectivity index (χ4v) is 2.32. The number of hydrogen-bond donors (Lipinski definition) is 2. The molecule has 1 aliphatic carbocycles. The normalized spacial score (nSPS) is 10.9. The molecule has 3 heteroatoms. The van der Waals surface area contributed by atoms with Gasteiger partial charge < -0.3 is 10.2 Å². The molecule has 0 bridgehead atoms. The van der Waals surface area contributed by atoms with Crippen LogP contribution in [0.5, 0.6) is 0 Å². The molecule has 0 spiro atoms. The first kappa shape index (κ1) is 12.2. The van der Waals surface area contributed by atoms with Crippen LogP contribution in [-0.4, -0.2) is 16.4 Å². The standard InChI is InChI=1S/C14H12.CH2O3/c1-10-5-4-8-13-12-7-3-2-6-11(12)9-14(10)13;2-1(3)4/h2-8H,9H2,1H3;(H2,2,3,4). The van der Waals surface area contributed by atoms with Crippen molar-refractivity contribution in [2.75, 3.05) is 0 Å². The summed E-state index contributed by atoms with van der Waals surface area (Å²) >= 11 is 0. The Morgan fingerprint density at radius 1 is 1.00 bits per heavy atom. The van der Waals surface area contributed by atoms with E-state index in [0.717, 1.165) is 6.42 Å². The Morgan fingerprint density at radius 3 is 2.33 bits per heavy atom. The molecule has 0 heterocycles. The Kier molecular flexibility index (Phi) is 3.33. The van der Waals surface area contributed by atoms with Crippen LogP contribution in [0.2, 0.25) is 0 Å². The van der Waals surface area contributed by atoms with E-state index >= 15 is 0 Å². The number of carboxylic acid groups (broad SMARTS) is 2. The Labute approximate surface area is 105 Å². The first-order valence-corrected chi connectivity index (χ1v) is 5.68. The topological polar surface area (TPSA) is 57.5 Å². The van der Waals surface area contributed by atoms with Crippen LogP contribution in [0.15, 0.2) is 42.5 Å². The van der Waals surface area contributed by atoms with Crippen molar-refractivity contribution in [1.29, 1.82) is 0 Å². The van der Waals surface area contributed by atoms with E-state index in [2.05, 4.69) is 49.4 Å². The predicted octanol–water partition coefficient (Wildman–Crippen LogP) is 3.79. The summed E-state index contributed by atoms with van der Waals surface area (Å²) in [5.41, 5.74) is 7.25. The summed E-state index contributed by atoms with van der Waals surface area (Å²) < 4.78 is 0. The zero-order chi connectivity index (χ0) is 13.1. The smallest absolute Gasteiger partial charge is 0.450 e. The van der Waals surface area contributed by atoms with Crippen LogP contribution in [-0.2, 0) is 6.42 Å². The SMILES string of the molecule is Cc1cccc2c1Cc1ccccc1-2.O=C(O)O. The Morgan fingerprint density at radius 2 is 1.61 bits per heavy atom. The lowest BCUT2D eigenvalue weighted by Gasteiger charge is -2.02. The summed E-state index contributed by atoms with van der Waals surface area (Å²) in [6.45, 7) is 2.20. The van der Waals surface area contributed by atoms with Crippen LogP contribution in [0, 0.1) is 6.92 Å². The zero-order valence-corrected chi connectivity index (χ0v) is 10.1. The molecule has 0 saturated heterocycles. The fraction of sp³-hybridized carbons (Fsp3) is 0.133. The molecule has 2 aromatic carbocycles. The Balaban J connectivity index is 0.000000267. The van der Waals surface area contributed by atoms with Crippen LogP contribution in [0.4, 0.5) is 4.79 Å². The Hall–Kier alpha value is -2.29.